The van der Waals surface area contributed by atoms with Crippen molar-refractivity contribution in [3.8, 4) is 5.75 Å². The van der Waals surface area contributed by atoms with Crippen molar-refractivity contribution in [3.63, 3.8) is 0 Å². The Balaban J connectivity index is 0.000000261. The lowest BCUT2D eigenvalue weighted by Gasteiger charge is -2.16. The first-order valence-corrected chi connectivity index (χ1v) is 9.50. The summed E-state index contributed by atoms with van der Waals surface area (Å²) >= 11 is 9.41. The van der Waals surface area contributed by atoms with E-state index in [1.165, 1.54) is 0 Å². The van der Waals surface area contributed by atoms with E-state index in [0.29, 0.717) is 5.56 Å². The molecular weight excluding hydrogens is 388 g/mol. The summed E-state index contributed by atoms with van der Waals surface area (Å²) < 4.78 is 5.16. The lowest BCUT2D eigenvalue weighted by Crippen LogP contribution is -2.05. The molecule has 0 saturated heterocycles. The quantitative estimate of drug-likeness (QED) is 0.505. The minimum Gasteiger partial charge on any atom is -0.499 e. The molecule has 144 valence electrons. The molecule has 0 fully saturated rings. The molecule has 2 N–H and O–H groups in total. The van der Waals surface area contributed by atoms with Gasteiger partial charge in [0.1, 0.15) is 5.75 Å². The van der Waals surface area contributed by atoms with E-state index >= 15 is 0 Å². The van der Waals surface area contributed by atoms with Crippen molar-refractivity contribution in [2.45, 2.75) is 12.8 Å². The van der Waals surface area contributed by atoms with Gasteiger partial charge in [-0.1, -0.05) is 73.7 Å². The van der Waals surface area contributed by atoms with Gasteiger partial charge in [0.15, 0.2) is 10.1 Å². The van der Waals surface area contributed by atoms with Gasteiger partial charge in [-0.3, -0.25) is 0 Å². The Morgan fingerprint density at radius 3 is 1.86 bits per heavy atom. The lowest BCUT2D eigenvalue weighted by molar-refractivity contribution is 0.414. The summed E-state index contributed by atoms with van der Waals surface area (Å²) in [7, 11) is 1.65. The average molecular weight is 411 g/mol. The maximum atomic E-state index is 9.59. The van der Waals surface area contributed by atoms with Gasteiger partial charge in [0.25, 0.3) is 0 Å². The molecular formula is C23H22O3S2. The highest BCUT2D eigenvalue weighted by Gasteiger charge is 2.14. The van der Waals surface area contributed by atoms with Crippen molar-refractivity contribution < 1.29 is 14.9 Å². The predicted molar refractivity (Wildman–Crippen MR) is 122 cm³/mol. The summed E-state index contributed by atoms with van der Waals surface area (Å²) in [5.74, 6) is 0.995. The minimum atomic E-state index is -0.0593. The van der Waals surface area contributed by atoms with E-state index in [9.17, 15) is 5.11 Å². The SMILES string of the molecule is COc1ccc(C(C)c2ccccc2C(O)=S)cc1.OC(=S)c1ccccc1. The van der Waals surface area contributed by atoms with Gasteiger partial charge < -0.3 is 14.9 Å². The maximum Gasteiger partial charge on any atom is 0.188 e. The van der Waals surface area contributed by atoms with Gasteiger partial charge in [-0.05, 0) is 47.7 Å². The molecule has 0 aliphatic rings. The van der Waals surface area contributed by atoms with Crippen molar-refractivity contribution in [3.05, 3.63) is 101 Å². The highest BCUT2D eigenvalue weighted by Crippen LogP contribution is 2.28. The van der Waals surface area contributed by atoms with Gasteiger partial charge in [-0.2, -0.15) is 0 Å². The van der Waals surface area contributed by atoms with Crippen molar-refractivity contribution in [1.82, 2.24) is 0 Å². The molecule has 5 heteroatoms. The number of benzene rings is 3. The Kier molecular flexibility index (Phi) is 8.11. The maximum absolute atomic E-state index is 9.59. The van der Waals surface area contributed by atoms with E-state index in [2.05, 4.69) is 19.1 Å². The number of hydrogen-bond donors (Lipinski definition) is 2. The van der Waals surface area contributed by atoms with Crippen molar-refractivity contribution in [2.24, 2.45) is 0 Å². The molecule has 0 spiro atoms. The van der Waals surface area contributed by atoms with Crippen LogP contribution in [0.3, 0.4) is 0 Å². The standard InChI is InChI=1S/C16H16O2S.C7H6OS/c1-11(12-7-9-13(18-2)10-8-12)14-5-3-4-6-15(14)16(17)19;8-7(9)6-4-2-1-3-5-6/h3-11H,1-2H3,(H,17,19);1-5H,(H,8,9). The molecule has 0 heterocycles. The van der Waals surface area contributed by atoms with Gasteiger partial charge in [0, 0.05) is 17.0 Å². The van der Waals surface area contributed by atoms with Gasteiger partial charge >= 0.3 is 0 Å². The predicted octanol–water partition coefficient (Wildman–Crippen LogP) is 6.00. The molecule has 3 nitrogen and oxygen atoms in total. The van der Waals surface area contributed by atoms with E-state index in [1.54, 1.807) is 19.2 Å². The fourth-order valence-electron chi connectivity index (χ4n) is 2.72. The summed E-state index contributed by atoms with van der Waals surface area (Å²) in [6.45, 7) is 2.10. The third-order valence-corrected chi connectivity index (χ3v) is 4.75. The smallest absolute Gasteiger partial charge is 0.188 e. The van der Waals surface area contributed by atoms with Gasteiger partial charge in [-0.15, -0.1) is 0 Å². The van der Waals surface area contributed by atoms with Gasteiger partial charge in [0.2, 0.25) is 0 Å². The van der Waals surface area contributed by atoms with Gasteiger partial charge in [-0.25, -0.2) is 0 Å². The number of methoxy groups -OCH3 is 1. The summed E-state index contributed by atoms with van der Waals surface area (Å²) in [4.78, 5) is 0. The Bertz CT molecular complexity index is 922. The van der Waals surface area contributed by atoms with Crippen LogP contribution in [0.1, 0.15) is 35.1 Å². The Hall–Kier alpha value is -2.76. The molecule has 0 bridgehead atoms. The number of rotatable bonds is 5. The zero-order valence-corrected chi connectivity index (χ0v) is 17.3. The van der Waals surface area contributed by atoms with Crippen LogP contribution < -0.4 is 4.74 Å². The molecule has 0 aromatic heterocycles. The molecule has 0 aliphatic carbocycles. The summed E-state index contributed by atoms with van der Waals surface area (Å²) in [6, 6.07) is 24.7. The van der Waals surface area contributed by atoms with E-state index in [0.717, 1.165) is 22.4 Å². The van der Waals surface area contributed by atoms with Crippen LogP contribution in [-0.4, -0.2) is 27.4 Å². The molecule has 3 aromatic rings. The second kappa shape index (κ2) is 10.5. The van der Waals surface area contributed by atoms with E-state index in [1.807, 2.05) is 66.7 Å². The molecule has 3 aromatic carbocycles. The van der Waals surface area contributed by atoms with Crippen LogP contribution in [-0.2, 0) is 0 Å². The highest BCUT2D eigenvalue weighted by atomic mass is 32.1. The first kappa shape index (κ1) is 21.5. The van der Waals surface area contributed by atoms with E-state index < -0.39 is 0 Å². The summed E-state index contributed by atoms with van der Waals surface area (Å²) in [5.41, 5.74) is 3.61. The first-order chi connectivity index (χ1) is 13.4. The monoisotopic (exact) mass is 410 g/mol. The van der Waals surface area contributed by atoms with Crippen LogP contribution in [0.2, 0.25) is 0 Å². The molecule has 28 heavy (non-hydrogen) atoms. The van der Waals surface area contributed by atoms with Crippen LogP contribution in [0, 0.1) is 0 Å². The molecule has 0 amide bonds. The topological polar surface area (TPSA) is 49.7 Å². The molecule has 1 atom stereocenters. The third-order valence-electron chi connectivity index (χ3n) is 4.29. The van der Waals surface area contributed by atoms with Crippen LogP contribution in [0.15, 0.2) is 78.9 Å². The molecule has 0 aliphatic heterocycles. The van der Waals surface area contributed by atoms with Gasteiger partial charge in [0.05, 0.1) is 7.11 Å². The largest absolute Gasteiger partial charge is 0.499 e. The first-order valence-electron chi connectivity index (χ1n) is 8.68. The number of aliphatic hydroxyl groups excluding tert-OH is 2. The zero-order valence-electron chi connectivity index (χ0n) is 15.7. The van der Waals surface area contributed by atoms with Crippen LogP contribution in [0.4, 0.5) is 0 Å². The summed E-state index contributed by atoms with van der Waals surface area (Å²) in [6.07, 6.45) is 0. The Labute approximate surface area is 176 Å². The summed E-state index contributed by atoms with van der Waals surface area (Å²) in [5, 5.41) is 18.2. The second-order valence-electron chi connectivity index (χ2n) is 6.06. The van der Waals surface area contributed by atoms with Crippen LogP contribution in [0.25, 0.3) is 0 Å². The third kappa shape index (κ3) is 5.87. The number of aliphatic hydroxyl groups is 2. The highest BCUT2D eigenvalue weighted by molar-refractivity contribution is 7.80. The van der Waals surface area contributed by atoms with Crippen LogP contribution >= 0.6 is 24.4 Å². The Morgan fingerprint density at radius 2 is 1.36 bits per heavy atom. The number of hydrogen-bond acceptors (Lipinski definition) is 3. The second-order valence-corrected chi connectivity index (χ2v) is 6.83. The molecule has 0 saturated carbocycles. The number of thiocarbonyl (C=S) groups is 2. The fraction of sp³-hybridized carbons (Fsp3) is 0.130. The van der Waals surface area contributed by atoms with E-state index in [-0.39, 0.29) is 16.0 Å². The van der Waals surface area contributed by atoms with Crippen molar-refractivity contribution in [1.29, 1.82) is 0 Å². The number of ether oxygens (including phenoxy) is 1. The molecule has 1 unspecified atom stereocenters. The fourth-order valence-corrected chi connectivity index (χ4v) is 3.04. The average Bonchev–Trinajstić information content (AvgIpc) is 2.74. The minimum absolute atomic E-state index is 0.0457. The normalized spacial score (nSPS) is 10.9. The molecule has 0 radical (unpaired) electrons. The lowest BCUT2D eigenvalue weighted by atomic mass is 9.90. The zero-order chi connectivity index (χ0) is 20.5. The van der Waals surface area contributed by atoms with Crippen molar-refractivity contribution >= 4 is 34.5 Å². The Morgan fingerprint density at radius 1 is 0.786 bits per heavy atom. The van der Waals surface area contributed by atoms with Crippen molar-refractivity contribution in [2.75, 3.05) is 7.11 Å². The van der Waals surface area contributed by atoms with E-state index in [4.69, 9.17) is 22.1 Å². The van der Waals surface area contributed by atoms with Crippen LogP contribution in [0.5, 0.6) is 5.75 Å². The molecule has 3 rings (SSSR count).